The summed E-state index contributed by atoms with van der Waals surface area (Å²) >= 11 is 0. The summed E-state index contributed by atoms with van der Waals surface area (Å²) in [5.41, 5.74) is 5.22. The van der Waals surface area contributed by atoms with Crippen molar-refractivity contribution in [1.29, 1.82) is 0 Å². The third-order valence-electron chi connectivity index (χ3n) is 2.91. The van der Waals surface area contributed by atoms with E-state index in [2.05, 4.69) is 4.28 Å². The standard InChI is InChI=1S/C7H13N3O5S/c8-7(11)6-2-1-5-3-9(6)4-10(5)15-16(12,13)14/h5-6H,1-4H2,(H2,8,11)(H,12,13,14). The highest BCUT2D eigenvalue weighted by Crippen LogP contribution is 2.28. The van der Waals surface area contributed by atoms with E-state index in [4.69, 9.17) is 10.3 Å². The molecule has 2 rings (SSSR count). The zero-order chi connectivity index (χ0) is 11.9. The number of hydrogen-bond acceptors (Lipinski definition) is 6. The van der Waals surface area contributed by atoms with Crippen molar-refractivity contribution < 1.29 is 22.0 Å². The van der Waals surface area contributed by atoms with Crippen molar-refractivity contribution in [3.63, 3.8) is 0 Å². The SMILES string of the molecule is NC(=O)C1CCC2CN1CN2OS(=O)(=O)O. The zero-order valence-corrected chi connectivity index (χ0v) is 9.26. The van der Waals surface area contributed by atoms with Gasteiger partial charge in [0, 0.05) is 6.54 Å². The van der Waals surface area contributed by atoms with E-state index in [-0.39, 0.29) is 18.8 Å². The topological polar surface area (TPSA) is 113 Å². The Balaban J connectivity index is 2.06. The molecule has 3 N–H and O–H groups in total. The molecule has 2 bridgehead atoms. The van der Waals surface area contributed by atoms with Crippen molar-refractivity contribution in [3.8, 4) is 0 Å². The van der Waals surface area contributed by atoms with Gasteiger partial charge in [-0.25, -0.2) is 0 Å². The van der Waals surface area contributed by atoms with Gasteiger partial charge >= 0.3 is 10.4 Å². The summed E-state index contributed by atoms with van der Waals surface area (Å²) in [6, 6.07) is -0.510. The monoisotopic (exact) mass is 251 g/mol. The molecule has 8 nitrogen and oxygen atoms in total. The Hall–Kier alpha value is -0.740. The van der Waals surface area contributed by atoms with E-state index in [1.54, 1.807) is 4.90 Å². The van der Waals surface area contributed by atoms with Gasteiger partial charge in [-0.05, 0) is 12.8 Å². The van der Waals surface area contributed by atoms with Gasteiger partial charge < -0.3 is 5.73 Å². The lowest BCUT2D eigenvalue weighted by Crippen LogP contribution is -2.46. The zero-order valence-electron chi connectivity index (χ0n) is 8.44. The highest BCUT2D eigenvalue weighted by molar-refractivity contribution is 7.80. The van der Waals surface area contributed by atoms with Gasteiger partial charge in [0.25, 0.3) is 0 Å². The van der Waals surface area contributed by atoms with Gasteiger partial charge in [-0.2, -0.15) is 17.8 Å². The van der Waals surface area contributed by atoms with E-state index >= 15 is 0 Å². The Labute approximate surface area is 92.8 Å². The van der Waals surface area contributed by atoms with Crippen LogP contribution in [0, 0.1) is 0 Å². The molecular weight excluding hydrogens is 238 g/mol. The molecule has 2 aliphatic heterocycles. The van der Waals surface area contributed by atoms with Crippen LogP contribution in [-0.2, 0) is 19.5 Å². The maximum absolute atomic E-state index is 11.1. The van der Waals surface area contributed by atoms with Gasteiger partial charge in [0.1, 0.15) is 0 Å². The van der Waals surface area contributed by atoms with Gasteiger partial charge in [0.15, 0.2) is 0 Å². The van der Waals surface area contributed by atoms with Crippen molar-refractivity contribution in [2.75, 3.05) is 13.2 Å². The maximum atomic E-state index is 11.1. The summed E-state index contributed by atoms with van der Waals surface area (Å²) in [5.74, 6) is -0.424. The van der Waals surface area contributed by atoms with Crippen LogP contribution in [0.15, 0.2) is 0 Å². The van der Waals surface area contributed by atoms with Crippen molar-refractivity contribution in [1.82, 2.24) is 9.96 Å². The average molecular weight is 251 g/mol. The van der Waals surface area contributed by atoms with Crippen molar-refractivity contribution in [3.05, 3.63) is 0 Å². The predicted molar refractivity (Wildman–Crippen MR) is 52.1 cm³/mol. The molecule has 1 amide bonds. The number of nitrogens with zero attached hydrogens (tertiary/aromatic N) is 2. The number of hydrogen-bond donors (Lipinski definition) is 2. The first kappa shape index (κ1) is 11.7. The van der Waals surface area contributed by atoms with Crippen LogP contribution in [-0.4, -0.2) is 54.1 Å². The van der Waals surface area contributed by atoms with Crippen LogP contribution in [0.5, 0.6) is 0 Å². The molecule has 2 saturated heterocycles. The number of fused-ring (bicyclic) bond motifs is 2. The normalized spacial score (nSPS) is 35.2. The molecule has 16 heavy (non-hydrogen) atoms. The Morgan fingerprint density at radius 1 is 1.44 bits per heavy atom. The molecule has 9 heteroatoms. The first-order valence-corrected chi connectivity index (χ1v) is 6.20. The summed E-state index contributed by atoms with van der Waals surface area (Å²) in [7, 11) is -4.50. The largest absolute Gasteiger partial charge is 0.413 e. The van der Waals surface area contributed by atoms with Gasteiger partial charge in [-0.15, -0.1) is 0 Å². The van der Waals surface area contributed by atoms with E-state index in [0.717, 1.165) is 5.06 Å². The molecule has 3 atom stereocenters. The third kappa shape index (κ3) is 2.33. The Kier molecular flexibility index (Phi) is 2.88. The molecule has 0 aliphatic carbocycles. The number of hydroxylamine groups is 2. The predicted octanol–water partition coefficient (Wildman–Crippen LogP) is -1.69. The molecule has 2 heterocycles. The molecule has 0 aromatic heterocycles. The minimum absolute atomic E-state index is 0.127. The summed E-state index contributed by atoms with van der Waals surface area (Å²) in [6.07, 6.45) is 1.19. The van der Waals surface area contributed by atoms with Crippen LogP contribution in [0.25, 0.3) is 0 Å². The van der Waals surface area contributed by atoms with Crippen LogP contribution < -0.4 is 5.73 Å². The molecule has 0 aromatic carbocycles. The fourth-order valence-corrected chi connectivity index (χ4v) is 2.65. The second kappa shape index (κ2) is 3.93. The van der Waals surface area contributed by atoms with Crippen LogP contribution in [0.1, 0.15) is 12.8 Å². The van der Waals surface area contributed by atoms with Crippen LogP contribution >= 0.6 is 0 Å². The Morgan fingerprint density at radius 2 is 2.12 bits per heavy atom. The first-order valence-electron chi connectivity index (χ1n) is 4.84. The molecule has 2 aliphatic rings. The Morgan fingerprint density at radius 3 is 2.69 bits per heavy atom. The highest BCUT2D eigenvalue weighted by atomic mass is 32.3. The number of nitrogens with two attached hydrogens (primary N) is 1. The number of rotatable bonds is 3. The van der Waals surface area contributed by atoms with Gasteiger partial charge in [-0.1, -0.05) is 0 Å². The van der Waals surface area contributed by atoms with E-state index in [9.17, 15) is 13.2 Å². The number of carbonyl (C=O) groups is 1. The molecule has 0 aromatic rings. The van der Waals surface area contributed by atoms with Gasteiger partial charge in [0.2, 0.25) is 5.91 Å². The fourth-order valence-electron chi connectivity index (χ4n) is 2.24. The molecule has 2 fully saturated rings. The van der Waals surface area contributed by atoms with Gasteiger partial charge in [-0.3, -0.25) is 14.2 Å². The summed E-state index contributed by atoms with van der Waals surface area (Å²) in [5, 5.41) is 1.16. The van der Waals surface area contributed by atoms with Crippen molar-refractivity contribution in [2.24, 2.45) is 5.73 Å². The van der Waals surface area contributed by atoms with Crippen molar-refractivity contribution >= 4 is 16.3 Å². The second-order valence-corrected chi connectivity index (χ2v) is 4.99. The third-order valence-corrected chi connectivity index (χ3v) is 3.29. The second-order valence-electron chi connectivity index (χ2n) is 3.98. The smallest absolute Gasteiger partial charge is 0.368 e. The van der Waals surface area contributed by atoms with E-state index in [0.29, 0.717) is 19.4 Å². The fraction of sp³-hybridized carbons (Fsp3) is 0.857. The lowest BCUT2D eigenvalue weighted by molar-refractivity contribution is -0.124. The lowest BCUT2D eigenvalue weighted by atomic mass is 10.0. The van der Waals surface area contributed by atoms with Crippen LogP contribution in [0.2, 0.25) is 0 Å². The molecule has 0 radical (unpaired) electrons. The highest BCUT2D eigenvalue weighted by Gasteiger charge is 2.43. The van der Waals surface area contributed by atoms with Gasteiger partial charge in [0.05, 0.1) is 18.8 Å². The number of amides is 1. The number of primary amides is 1. The number of carbonyl (C=O) groups excluding carboxylic acids is 1. The average Bonchev–Trinajstić information content (AvgIpc) is 2.40. The molecule has 0 saturated carbocycles. The Bertz CT molecular complexity index is 397. The number of piperidine rings is 1. The van der Waals surface area contributed by atoms with E-state index < -0.39 is 16.3 Å². The van der Waals surface area contributed by atoms with E-state index in [1.165, 1.54) is 0 Å². The first-order chi connectivity index (χ1) is 7.37. The van der Waals surface area contributed by atoms with Crippen molar-refractivity contribution in [2.45, 2.75) is 24.9 Å². The summed E-state index contributed by atoms with van der Waals surface area (Å²) in [4.78, 5) is 12.8. The summed E-state index contributed by atoms with van der Waals surface area (Å²) < 4.78 is 34.1. The van der Waals surface area contributed by atoms with Crippen LogP contribution in [0.3, 0.4) is 0 Å². The quantitative estimate of drug-likeness (QED) is 0.575. The molecule has 3 unspecified atom stereocenters. The molecule has 92 valence electrons. The minimum atomic E-state index is -4.50. The minimum Gasteiger partial charge on any atom is -0.368 e. The lowest BCUT2D eigenvalue weighted by Gasteiger charge is -2.27. The summed E-state index contributed by atoms with van der Waals surface area (Å²) in [6.45, 7) is 0.668. The van der Waals surface area contributed by atoms with E-state index in [1.807, 2.05) is 0 Å². The molecular formula is C7H13N3O5S. The maximum Gasteiger partial charge on any atom is 0.413 e. The van der Waals surface area contributed by atoms with Crippen LogP contribution in [0.4, 0.5) is 0 Å². The molecule has 0 spiro atoms.